The van der Waals surface area contributed by atoms with Crippen LogP contribution in [0.5, 0.6) is 0 Å². The van der Waals surface area contributed by atoms with Crippen molar-refractivity contribution in [1.29, 1.82) is 0 Å². The maximum absolute atomic E-state index is 14.2. The van der Waals surface area contributed by atoms with Crippen molar-refractivity contribution in [2.45, 2.75) is 76.9 Å². The van der Waals surface area contributed by atoms with Gasteiger partial charge in [-0.1, -0.05) is 106 Å². The first-order chi connectivity index (χ1) is 20.1. The summed E-state index contributed by atoms with van der Waals surface area (Å²) in [7, 11) is -3.79. The Morgan fingerprint density at radius 2 is 1.40 bits per heavy atom. The Kier molecular flexibility index (Phi) is 10.8. The van der Waals surface area contributed by atoms with E-state index in [1.165, 1.54) is 0 Å². The number of sulfonamides is 1. The molecule has 1 fully saturated rings. The van der Waals surface area contributed by atoms with Crippen molar-refractivity contribution in [2.75, 3.05) is 17.1 Å². The number of rotatable bonds is 12. The predicted molar refractivity (Wildman–Crippen MR) is 169 cm³/mol. The van der Waals surface area contributed by atoms with E-state index < -0.39 is 28.5 Å². The summed E-state index contributed by atoms with van der Waals surface area (Å²) in [6, 6.07) is 25.7. The minimum absolute atomic E-state index is 0.0743. The van der Waals surface area contributed by atoms with Crippen LogP contribution in [0.3, 0.4) is 0 Å². The van der Waals surface area contributed by atoms with Gasteiger partial charge in [0.05, 0.1) is 11.9 Å². The minimum atomic E-state index is -3.79. The first-order valence-corrected chi connectivity index (χ1v) is 16.7. The molecule has 8 heteroatoms. The van der Waals surface area contributed by atoms with Gasteiger partial charge in [-0.2, -0.15) is 0 Å². The summed E-state index contributed by atoms with van der Waals surface area (Å²) >= 11 is 0. The second kappa shape index (κ2) is 14.5. The van der Waals surface area contributed by atoms with Gasteiger partial charge < -0.3 is 10.2 Å². The van der Waals surface area contributed by atoms with Crippen molar-refractivity contribution in [1.82, 2.24) is 10.2 Å². The quantitative estimate of drug-likeness (QED) is 0.295. The lowest BCUT2D eigenvalue weighted by Gasteiger charge is -2.35. The van der Waals surface area contributed by atoms with E-state index in [-0.39, 0.29) is 24.4 Å². The molecule has 0 spiro atoms. The van der Waals surface area contributed by atoms with Crippen LogP contribution < -0.4 is 9.62 Å². The third-order valence-corrected chi connectivity index (χ3v) is 9.09. The molecular formula is C34H43N3O4S. The van der Waals surface area contributed by atoms with E-state index in [0.29, 0.717) is 12.1 Å². The lowest BCUT2D eigenvalue weighted by atomic mass is 9.94. The SMILES string of the molecule is CC(C)c1ccc(N(CC(=O)N(Cc2ccccc2)C(Cc2ccccc2)C(=O)NC2CCCCC2)S(C)(=O)=O)cc1. The van der Waals surface area contributed by atoms with Gasteiger partial charge in [-0.05, 0) is 47.6 Å². The molecule has 1 atom stereocenters. The average Bonchev–Trinajstić information content (AvgIpc) is 2.98. The maximum Gasteiger partial charge on any atom is 0.244 e. The first-order valence-electron chi connectivity index (χ1n) is 14.9. The van der Waals surface area contributed by atoms with Gasteiger partial charge in [0.1, 0.15) is 12.6 Å². The summed E-state index contributed by atoms with van der Waals surface area (Å²) in [6.07, 6.45) is 6.57. The Morgan fingerprint density at radius 3 is 1.95 bits per heavy atom. The molecule has 3 aromatic rings. The molecule has 1 unspecified atom stereocenters. The van der Waals surface area contributed by atoms with Gasteiger partial charge in [0.25, 0.3) is 0 Å². The van der Waals surface area contributed by atoms with Crippen LogP contribution in [-0.4, -0.2) is 50.0 Å². The molecule has 0 radical (unpaired) electrons. The number of anilines is 1. The fourth-order valence-electron chi connectivity index (χ4n) is 5.52. The Hall–Kier alpha value is -3.65. The number of amides is 2. The van der Waals surface area contributed by atoms with Crippen LogP contribution in [0.4, 0.5) is 5.69 Å². The van der Waals surface area contributed by atoms with Crippen LogP contribution in [-0.2, 0) is 32.6 Å². The molecule has 3 aromatic carbocycles. The fraction of sp³-hybridized carbons (Fsp3) is 0.412. The standard InChI is InChI=1S/C34H43N3O4S/c1-26(2)29-19-21-31(22-20-29)37(42(3,40)41)25-33(38)36(24-28-15-9-5-10-16-28)32(23-27-13-7-4-8-14-27)34(39)35-30-17-11-6-12-18-30/h4-5,7-10,13-16,19-22,26,30,32H,6,11-12,17-18,23-25H2,1-3H3,(H,35,39). The second-order valence-corrected chi connectivity index (χ2v) is 13.5. The third kappa shape index (κ3) is 8.68. The topological polar surface area (TPSA) is 86.8 Å². The van der Waals surface area contributed by atoms with E-state index in [1.807, 2.05) is 72.8 Å². The van der Waals surface area contributed by atoms with Gasteiger partial charge >= 0.3 is 0 Å². The normalized spacial score (nSPS) is 14.8. The summed E-state index contributed by atoms with van der Waals surface area (Å²) in [6.45, 7) is 3.91. The Bertz CT molecular complexity index is 1400. The van der Waals surface area contributed by atoms with Crippen LogP contribution in [0.1, 0.15) is 68.6 Å². The first kappa shape index (κ1) is 31.3. The molecule has 42 heavy (non-hydrogen) atoms. The predicted octanol–water partition coefficient (Wildman–Crippen LogP) is 5.67. The number of hydrogen-bond donors (Lipinski definition) is 1. The monoisotopic (exact) mass is 589 g/mol. The zero-order valence-electron chi connectivity index (χ0n) is 24.9. The van der Waals surface area contributed by atoms with E-state index in [9.17, 15) is 18.0 Å². The van der Waals surface area contributed by atoms with E-state index in [1.54, 1.807) is 17.0 Å². The summed E-state index contributed by atoms with van der Waals surface area (Å²) in [5.41, 5.74) is 3.28. The number of hydrogen-bond acceptors (Lipinski definition) is 4. The van der Waals surface area contributed by atoms with E-state index in [2.05, 4.69) is 19.2 Å². The highest BCUT2D eigenvalue weighted by atomic mass is 32.2. The molecule has 4 rings (SSSR count). The Morgan fingerprint density at radius 1 is 0.833 bits per heavy atom. The van der Waals surface area contributed by atoms with Crippen LogP contribution in [0.15, 0.2) is 84.9 Å². The molecule has 7 nitrogen and oxygen atoms in total. The lowest BCUT2D eigenvalue weighted by molar-refractivity contribution is -0.140. The lowest BCUT2D eigenvalue weighted by Crippen LogP contribution is -2.55. The van der Waals surface area contributed by atoms with E-state index in [0.717, 1.165) is 59.4 Å². The van der Waals surface area contributed by atoms with E-state index in [4.69, 9.17) is 0 Å². The van der Waals surface area contributed by atoms with Gasteiger partial charge in [-0.15, -0.1) is 0 Å². The highest BCUT2D eigenvalue weighted by Gasteiger charge is 2.34. The van der Waals surface area contributed by atoms with Crippen LogP contribution >= 0.6 is 0 Å². The molecule has 0 aliphatic heterocycles. The van der Waals surface area contributed by atoms with Gasteiger partial charge in [0.15, 0.2) is 0 Å². The maximum atomic E-state index is 14.2. The molecule has 1 aliphatic carbocycles. The van der Waals surface area contributed by atoms with Gasteiger partial charge in [0.2, 0.25) is 21.8 Å². The third-order valence-electron chi connectivity index (χ3n) is 7.95. The minimum Gasteiger partial charge on any atom is -0.352 e. The summed E-state index contributed by atoms with van der Waals surface area (Å²) in [4.78, 5) is 29.7. The van der Waals surface area contributed by atoms with Gasteiger partial charge in [-0.25, -0.2) is 8.42 Å². The summed E-state index contributed by atoms with van der Waals surface area (Å²) in [5.74, 6) is -0.352. The number of nitrogens with zero attached hydrogens (tertiary/aromatic N) is 2. The number of nitrogens with one attached hydrogen (secondary N) is 1. The summed E-state index contributed by atoms with van der Waals surface area (Å²) in [5, 5.41) is 3.23. The van der Waals surface area contributed by atoms with Crippen molar-refractivity contribution in [3.05, 3.63) is 102 Å². The van der Waals surface area contributed by atoms with Crippen molar-refractivity contribution in [2.24, 2.45) is 0 Å². The molecule has 1 aliphatic rings. The molecular weight excluding hydrogens is 546 g/mol. The Balaban J connectivity index is 1.69. The number of benzene rings is 3. The molecule has 1 N–H and O–H groups in total. The molecule has 224 valence electrons. The molecule has 0 saturated heterocycles. The number of carbonyl (C=O) groups excluding carboxylic acids is 2. The van der Waals surface area contributed by atoms with Crippen LogP contribution in [0.25, 0.3) is 0 Å². The fourth-order valence-corrected chi connectivity index (χ4v) is 6.37. The zero-order chi connectivity index (χ0) is 30.1. The zero-order valence-corrected chi connectivity index (χ0v) is 25.7. The molecule has 2 amide bonds. The van der Waals surface area contributed by atoms with Crippen molar-refractivity contribution in [3.63, 3.8) is 0 Å². The molecule has 0 heterocycles. The second-order valence-electron chi connectivity index (χ2n) is 11.6. The van der Waals surface area contributed by atoms with Gasteiger partial charge in [0, 0.05) is 19.0 Å². The number of carbonyl (C=O) groups is 2. The van der Waals surface area contributed by atoms with Crippen LogP contribution in [0, 0.1) is 0 Å². The van der Waals surface area contributed by atoms with Crippen molar-refractivity contribution in [3.8, 4) is 0 Å². The smallest absolute Gasteiger partial charge is 0.244 e. The highest BCUT2D eigenvalue weighted by Crippen LogP contribution is 2.24. The largest absolute Gasteiger partial charge is 0.352 e. The van der Waals surface area contributed by atoms with Crippen LogP contribution in [0.2, 0.25) is 0 Å². The average molecular weight is 590 g/mol. The van der Waals surface area contributed by atoms with Crippen molar-refractivity contribution >= 4 is 27.5 Å². The molecule has 1 saturated carbocycles. The molecule has 0 bridgehead atoms. The Labute approximate surface area is 251 Å². The highest BCUT2D eigenvalue weighted by molar-refractivity contribution is 7.92. The summed E-state index contributed by atoms with van der Waals surface area (Å²) < 4.78 is 27.1. The van der Waals surface area contributed by atoms with Crippen molar-refractivity contribution < 1.29 is 18.0 Å². The molecule has 0 aromatic heterocycles. The van der Waals surface area contributed by atoms with Gasteiger partial charge in [-0.3, -0.25) is 13.9 Å². The van der Waals surface area contributed by atoms with E-state index >= 15 is 0 Å².